The third-order valence-electron chi connectivity index (χ3n) is 11.4. The number of ether oxygens (including phenoxy) is 4. The van der Waals surface area contributed by atoms with E-state index in [0.29, 0.717) is 48.7 Å². The number of benzene rings is 2. The molecule has 2 N–H and O–H groups in total. The van der Waals surface area contributed by atoms with Crippen LogP contribution in [0.1, 0.15) is 107 Å². The number of nitrogens with zero attached hydrogens (tertiary/aromatic N) is 2. The van der Waals surface area contributed by atoms with E-state index < -0.39 is 30.4 Å². The molecule has 0 aliphatic carbocycles. The van der Waals surface area contributed by atoms with E-state index in [4.69, 9.17) is 18.9 Å². The second-order valence-corrected chi connectivity index (χ2v) is 16.0. The fourth-order valence-corrected chi connectivity index (χ4v) is 7.79. The van der Waals surface area contributed by atoms with Crippen molar-refractivity contribution in [2.24, 2.45) is 17.8 Å². The monoisotopic (exact) mass is 826 g/mol. The molecule has 60 heavy (non-hydrogen) atoms. The number of pyridine rings is 1. The average Bonchev–Trinajstić information content (AvgIpc) is 3.23. The highest BCUT2D eigenvalue weighted by Crippen LogP contribution is 2.37. The van der Waals surface area contributed by atoms with Crippen LogP contribution in [0.15, 0.2) is 73.1 Å². The summed E-state index contributed by atoms with van der Waals surface area (Å²) in [6.45, 7) is 8.86. The smallest absolute Gasteiger partial charge is 0.339 e. The second-order valence-electron chi connectivity index (χ2n) is 16.0. The first-order chi connectivity index (χ1) is 28.8. The molecule has 2 aliphatic rings. The molecular weight excluding hydrogens is 767 g/mol. The van der Waals surface area contributed by atoms with Crippen LogP contribution in [0.4, 0.5) is 5.69 Å². The number of methoxy groups -OCH3 is 1. The number of esters is 2. The summed E-state index contributed by atoms with van der Waals surface area (Å²) in [5.41, 5.74) is 2.74. The fourth-order valence-electron chi connectivity index (χ4n) is 7.79. The van der Waals surface area contributed by atoms with Gasteiger partial charge in [0.05, 0.1) is 12.8 Å². The van der Waals surface area contributed by atoms with Crippen LogP contribution in [0.25, 0.3) is 6.08 Å². The van der Waals surface area contributed by atoms with Crippen molar-refractivity contribution in [3.63, 3.8) is 0 Å². The van der Waals surface area contributed by atoms with Gasteiger partial charge in [-0.2, -0.15) is 0 Å². The van der Waals surface area contributed by atoms with Gasteiger partial charge in [0.25, 0.3) is 5.91 Å². The molecule has 2 amide bonds. The van der Waals surface area contributed by atoms with Gasteiger partial charge in [-0.1, -0.05) is 46.1 Å². The molecule has 3 heterocycles. The maximum atomic E-state index is 12.8. The third-order valence-corrected chi connectivity index (χ3v) is 11.4. The minimum Gasteiger partial charge on any atom is -0.508 e. The maximum Gasteiger partial charge on any atom is 0.339 e. The van der Waals surface area contributed by atoms with E-state index in [1.165, 1.54) is 20.1 Å². The van der Waals surface area contributed by atoms with Gasteiger partial charge in [0, 0.05) is 67.4 Å². The summed E-state index contributed by atoms with van der Waals surface area (Å²) >= 11 is 0. The predicted octanol–water partition coefficient (Wildman–Crippen LogP) is 7.03. The summed E-state index contributed by atoms with van der Waals surface area (Å²) < 4.78 is 24.8. The number of phenolic OH excluding ortho intramolecular Hbond substituents is 1. The number of rotatable bonds is 18. The summed E-state index contributed by atoms with van der Waals surface area (Å²) in [4.78, 5) is 64.8. The molecule has 13 heteroatoms. The molecular formula is C47H60N3O10+. The van der Waals surface area contributed by atoms with Crippen LogP contribution >= 0.6 is 0 Å². The number of amides is 2. The van der Waals surface area contributed by atoms with Crippen LogP contribution in [0.3, 0.4) is 0 Å². The first-order valence-electron chi connectivity index (χ1n) is 21.1. The van der Waals surface area contributed by atoms with Gasteiger partial charge in [-0.15, -0.1) is 0 Å². The zero-order valence-corrected chi connectivity index (χ0v) is 35.5. The van der Waals surface area contributed by atoms with Crippen LogP contribution in [0, 0.1) is 17.8 Å². The molecule has 2 fully saturated rings. The molecule has 5 atom stereocenters. The summed E-state index contributed by atoms with van der Waals surface area (Å²) in [5.74, 6) is -0.915. The number of piperidine rings is 1. The van der Waals surface area contributed by atoms with Crippen LogP contribution in [-0.2, 0) is 39.9 Å². The molecule has 5 rings (SSSR count). The maximum absolute atomic E-state index is 12.8. The van der Waals surface area contributed by atoms with Gasteiger partial charge in [-0.25, -0.2) is 9.36 Å². The molecule has 0 spiro atoms. The number of unbranched alkanes of at least 4 members (excludes halogenated alkanes) is 2. The van der Waals surface area contributed by atoms with E-state index in [0.717, 1.165) is 62.7 Å². The Hall–Kier alpha value is -5.56. The minimum absolute atomic E-state index is 0.0328. The highest BCUT2D eigenvalue weighted by Gasteiger charge is 2.48. The van der Waals surface area contributed by atoms with Crippen molar-refractivity contribution >= 4 is 41.3 Å². The number of allylic oxidation sites excluding steroid dienone is 1. The van der Waals surface area contributed by atoms with E-state index in [2.05, 4.69) is 5.32 Å². The normalized spacial score (nSPS) is 20.7. The number of ketones is 1. The number of phenols is 1. The summed E-state index contributed by atoms with van der Waals surface area (Å²) in [6.07, 6.45) is 11.8. The largest absolute Gasteiger partial charge is 0.508 e. The van der Waals surface area contributed by atoms with Gasteiger partial charge in [0.1, 0.15) is 17.6 Å². The van der Waals surface area contributed by atoms with Gasteiger partial charge in [0.15, 0.2) is 30.8 Å². The number of anilines is 1. The van der Waals surface area contributed by atoms with E-state index >= 15 is 0 Å². The lowest BCUT2D eigenvalue weighted by molar-refractivity contribution is -0.688. The number of carbonyl (C=O) groups is 5. The summed E-state index contributed by atoms with van der Waals surface area (Å²) in [6, 6.07) is 15.9. The third kappa shape index (κ3) is 13.0. The molecule has 0 saturated carbocycles. The molecule has 322 valence electrons. The molecule has 0 radical (unpaired) electrons. The van der Waals surface area contributed by atoms with Gasteiger partial charge in [0.2, 0.25) is 12.2 Å². The van der Waals surface area contributed by atoms with E-state index in [1.54, 1.807) is 30.3 Å². The molecule has 0 bridgehead atoms. The highest BCUT2D eigenvalue weighted by atomic mass is 16.7. The lowest BCUT2D eigenvalue weighted by Crippen LogP contribution is -2.55. The zero-order chi connectivity index (χ0) is 43.2. The first-order valence-corrected chi connectivity index (χ1v) is 21.1. The molecule has 0 unspecified atom stereocenters. The fraction of sp³-hybridized carbons (Fsp3) is 0.489. The van der Waals surface area contributed by atoms with Gasteiger partial charge in [-0.05, 0) is 86.2 Å². The van der Waals surface area contributed by atoms with Crippen molar-refractivity contribution in [2.45, 2.75) is 111 Å². The topological polar surface area (TPSA) is 162 Å². The quantitative estimate of drug-likeness (QED) is 0.0590. The van der Waals surface area contributed by atoms with Crippen molar-refractivity contribution in [1.29, 1.82) is 0 Å². The Labute approximate surface area is 353 Å². The van der Waals surface area contributed by atoms with E-state index in [1.807, 2.05) is 73.0 Å². The number of nitrogens with one attached hydrogen (secondary N) is 1. The minimum atomic E-state index is -1.19. The lowest BCUT2D eigenvalue weighted by atomic mass is 9.84. The summed E-state index contributed by atoms with van der Waals surface area (Å²) in [5, 5.41) is 12.7. The summed E-state index contributed by atoms with van der Waals surface area (Å²) in [7, 11) is 1.24. The van der Waals surface area contributed by atoms with E-state index in [-0.39, 0.29) is 35.2 Å². The SMILES string of the molecule is CCCC(=O)Nc1cc(C[n+]2cccc(/C=C/C(=O)CCCCCC3CCN(C(=O)c4cccc(O)c4)CC3)c2)ccc1O[C@@H]1O[C@H](C(=O)OC)[C@@H](OC(C)=O)[C@H](C)[C@H]1C. The Morgan fingerprint density at radius 2 is 1.75 bits per heavy atom. The number of carbonyl (C=O) groups excluding carboxylic acids is 5. The van der Waals surface area contributed by atoms with Crippen molar-refractivity contribution in [1.82, 2.24) is 4.90 Å². The number of likely N-dealkylation sites (tertiary alicyclic amines) is 1. The number of aromatic nitrogens is 1. The molecule has 2 saturated heterocycles. The van der Waals surface area contributed by atoms with Crippen molar-refractivity contribution in [2.75, 3.05) is 25.5 Å². The first kappa shape index (κ1) is 45.5. The molecule has 2 aliphatic heterocycles. The Morgan fingerprint density at radius 1 is 0.967 bits per heavy atom. The lowest BCUT2D eigenvalue weighted by Gasteiger charge is -2.42. The van der Waals surface area contributed by atoms with Crippen LogP contribution < -0.4 is 14.6 Å². The van der Waals surface area contributed by atoms with Crippen LogP contribution in [0.5, 0.6) is 11.5 Å². The standard InChI is InChI=1S/C47H59N3O10/c1-6-12-42(54)48-40-27-36(19-21-41(40)59-47-32(3)31(2)43(58-33(4)51)44(60-47)46(56)57-5)30-49-24-11-14-35(29-49)18-20-38(52)16-9-7-8-13-34-22-25-50(26-23-34)45(55)37-15-10-17-39(53)28-37/h10-11,14-15,17-21,24,27-29,31-32,34,43-44,47H,6-9,12-13,16,22-23,25-26,30H2,1-5H3,(H-,48,53,54)/p+1/b20-18+/t31-,32-,43+,44+,47-/m1/s1. The van der Waals surface area contributed by atoms with Crippen molar-refractivity contribution in [3.8, 4) is 11.5 Å². The van der Waals surface area contributed by atoms with Crippen LogP contribution in [-0.4, -0.2) is 78.2 Å². The van der Waals surface area contributed by atoms with Crippen LogP contribution in [0.2, 0.25) is 0 Å². The molecule has 13 nitrogen and oxygen atoms in total. The molecule has 2 aromatic carbocycles. The van der Waals surface area contributed by atoms with Gasteiger partial charge >= 0.3 is 11.9 Å². The van der Waals surface area contributed by atoms with Crippen molar-refractivity contribution in [3.05, 3.63) is 89.8 Å². The van der Waals surface area contributed by atoms with E-state index in [9.17, 15) is 29.1 Å². The van der Waals surface area contributed by atoms with Gasteiger partial charge in [-0.3, -0.25) is 19.2 Å². The molecule has 1 aromatic heterocycles. The Kier molecular flexibility index (Phi) is 16.8. The number of aromatic hydroxyl groups is 1. The molecule has 3 aromatic rings. The predicted molar refractivity (Wildman–Crippen MR) is 225 cm³/mol. The Morgan fingerprint density at radius 3 is 2.47 bits per heavy atom. The zero-order valence-electron chi connectivity index (χ0n) is 35.5. The Balaban J connectivity index is 1.12. The van der Waals surface area contributed by atoms with Gasteiger partial charge < -0.3 is 34.3 Å². The van der Waals surface area contributed by atoms with Crippen molar-refractivity contribution < 1.29 is 52.6 Å². The highest BCUT2D eigenvalue weighted by molar-refractivity contribution is 5.95. The number of hydrogen-bond acceptors (Lipinski definition) is 10. The second kappa shape index (κ2) is 22.2. The Bertz CT molecular complexity index is 1990. The number of hydrogen-bond donors (Lipinski definition) is 2. The average molecular weight is 827 g/mol.